The first-order chi connectivity index (χ1) is 13.3. The van der Waals surface area contributed by atoms with Crippen LogP contribution in [-0.4, -0.2) is 52.5 Å². The molecule has 1 aromatic rings. The first kappa shape index (κ1) is 20.8. The van der Waals surface area contributed by atoms with Crippen molar-refractivity contribution in [3.8, 4) is 0 Å². The Labute approximate surface area is 169 Å². The third-order valence-corrected chi connectivity index (χ3v) is 6.21. The first-order valence-electron chi connectivity index (χ1n) is 10.7. The van der Waals surface area contributed by atoms with Gasteiger partial charge in [-0.05, 0) is 38.2 Å². The van der Waals surface area contributed by atoms with Gasteiger partial charge in [0, 0.05) is 38.4 Å². The molecule has 2 atom stereocenters. The zero-order valence-electron chi connectivity index (χ0n) is 17.8. The Morgan fingerprint density at radius 3 is 2.43 bits per heavy atom. The monoisotopic (exact) mass is 385 g/mol. The van der Waals surface area contributed by atoms with Gasteiger partial charge < -0.3 is 9.80 Å². The fourth-order valence-corrected chi connectivity index (χ4v) is 4.73. The smallest absolute Gasteiger partial charge is 0.241 e. The summed E-state index contributed by atoms with van der Waals surface area (Å²) >= 11 is 0. The van der Waals surface area contributed by atoms with Crippen LogP contribution in [0.1, 0.15) is 58.9 Å². The third kappa shape index (κ3) is 4.40. The molecule has 5 nitrogen and oxygen atoms in total. The molecule has 2 aliphatic rings. The number of nitrogens with one attached hydrogen (secondary N) is 1. The Bertz CT molecular complexity index is 680. The van der Waals surface area contributed by atoms with E-state index in [1.165, 1.54) is 5.56 Å². The molecule has 2 heterocycles. The van der Waals surface area contributed by atoms with Gasteiger partial charge >= 0.3 is 0 Å². The summed E-state index contributed by atoms with van der Waals surface area (Å²) in [5.74, 6) is 0.817. The number of carbonyl (C=O) groups is 2. The van der Waals surface area contributed by atoms with Crippen molar-refractivity contribution in [3.63, 3.8) is 0 Å². The lowest BCUT2D eigenvalue weighted by Crippen LogP contribution is -2.61. The number of rotatable bonds is 6. The number of piperidine rings is 1. The van der Waals surface area contributed by atoms with Crippen LogP contribution in [0, 0.1) is 5.92 Å². The van der Waals surface area contributed by atoms with Crippen LogP contribution in [0.2, 0.25) is 0 Å². The summed E-state index contributed by atoms with van der Waals surface area (Å²) in [7, 11) is 0. The normalized spacial score (nSPS) is 22.9. The minimum Gasteiger partial charge on any atom is -0.342 e. The maximum Gasteiger partial charge on any atom is 0.241 e. The van der Waals surface area contributed by atoms with E-state index >= 15 is 0 Å². The van der Waals surface area contributed by atoms with Crippen molar-refractivity contribution < 1.29 is 9.59 Å². The van der Waals surface area contributed by atoms with Gasteiger partial charge in [0.2, 0.25) is 11.8 Å². The van der Waals surface area contributed by atoms with E-state index in [4.69, 9.17) is 0 Å². The molecule has 3 rings (SSSR count). The Hall–Kier alpha value is -1.88. The number of carbonyl (C=O) groups excluding carboxylic acids is 2. The number of amides is 2. The van der Waals surface area contributed by atoms with Crippen LogP contribution in [0.3, 0.4) is 0 Å². The largest absolute Gasteiger partial charge is 0.342 e. The number of aryl methyl sites for hydroxylation is 1. The minimum absolute atomic E-state index is 0.155. The summed E-state index contributed by atoms with van der Waals surface area (Å²) in [4.78, 5) is 29.5. The SMILES string of the molecule is CC(C)CC(=O)N1CCC2(CC1)NC(C)C(=O)N2C(C)CCc1ccccc1. The zero-order chi connectivity index (χ0) is 20.3. The number of benzene rings is 1. The summed E-state index contributed by atoms with van der Waals surface area (Å²) in [6.07, 6.45) is 4.13. The van der Waals surface area contributed by atoms with Gasteiger partial charge in [-0.25, -0.2) is 0 Å². The molecule has 0 aromatic heterocycles. The van der Waals surface area contributed by atoms with E-state index in [9.17, 15) is 9.59 Å². The highest BCUT2D eigenvalue weighted by molar-refractivity contribution is 5.85. The van der Waals surface area contributed by atoms with E-state index in [1.807, 2.05) is 17.9 Å². The van der Waals surface area contributed by atoms with Gasteiger partial charge in [0.25, 0.3) is 0 Å². The third-order valence-electron chi connectivity index (χ3n) is 6.21. The second kappa shape index (κ2) is 8.64. The molecule has 0 aliphatic carbocycles. The highest BCUT2D eigenvalue weighted by atomic mass is 16.2. The average Bonchev–Trinajstić information content (AvgIpc) is 2.90. The van der Waals surface area contributed by atoms with E-state index in [1.54, 1.807) is 0 Å². The molecule has 5 heteroatoms. The molecule has 2 unspecified atom stereocenters. The summed E-state index contributed by atoms with van der Waals surface area (Å²) in [5.41, 5.74) is 1.01. The van der Waals surface area contributed by atoms with E-state index in [-0.39, 0.29) is 29.6 Å². The average molecular weight is 386 g/mol. The van der Waals surface area contributed by atoms with Gasteiger partial charge in [0.1, 0.15) is 0 Å². The van der Waals surface area contributed by atoms with Gasteiger partial charge in [-0.3, -0.25) is 14.9 Å². The molecule has 1 spiro atoms. The highest BCUT2D eigenvalue weighted by Crippen LogP contribution is 2.35. The molecule has 0 bridgehead atoms. The van der Waals surface area contributed by atoms with Gasteiger partial charge in [-0.1, -0.05) is 44.2 Å². The standard InChI is InChI=1S/C23H35N3O2/c1-17(2)16-21(27)25-14-12-23(13-15-25)24-19(4)22(28)26(23)18(3)10-11-20-8-6-5-7-9-20/h5-9,17-19,24H,10-16H2,1-4H3. The lowest BCUT2D eigenvalue weighted by Gasteiger charge is -2.47. The van der Waals surface area contributed by atoms with E-state index in [2.05, 4.69) is 55.3 Å². The van der Waals surface area contributed by atoms with E-state index in [0.717, 1.165) is 38.8 Å². The zero-order valence-corrected chi connectivity index (χ0v) is 17.8. The van der Waals surface area contributed by atoms with Crippen LogP contribution >= 0.6 is 0 Å². The summed E-state index contributed by atoms with van der Waals surface area (Å²) < 4.78 is 0. The molecular formula is C23H35N3O2. The Balaban J connectivity index is 1.66. The summed E-state index contributed by atoms with van der Waals surface area (Å²) in [6, 6.07) is 10.5. The van der Waals surface area contributed by atoms with Crippen LogP contribution in [0.4, 0.5) is 0 Å². The lowest BCUT2D eigenvalue weighted by molar-refractivity contribution is -0.139. The van der Waals surface area contributed by atoms with Crippen molar-refractivity contribution >= 4 is 11.8 Å². The quantitative estimate of drug-likeness (QED) is 0.818. The van der Waals surface area contributed by atoms with Gasteiger partial charge in [-0.15, -0.1) is 0 Å². The maximum absolute atomic E-state index is 13.0. The minimum atomic E-state index is -0.304. The van der Waals surface area contributed by atoms with E-state index < -0.39 is 0 Å². The Morgan fingerprint density at radius 1 is 1.18 bits per heavy atom. The van der Waals surface area contributed by atoms with E-state index in [0.29, 0.717) is 12.3 Å². The van der Waals surface area contributed by atoms with Crippen molar-refractivity contribution in [1.82, 2.24) is 15.1 Å². The second-order valence-corrected chi connectivity index (χ2v) is 8.96. The number of likely N-dealkylation sites (tertiary alicyclic amines) is 1. The molecule has 154 valence electrons. The van der Waals surface area contributed by atoms with Crippen molar-refractivity contribution in [3.05, 3.63) is 35.9 Å². The molecule has 1 N–H and O–H groups in total. The summed E-state index contributed by atoms with van der Waals surface area (Å²) in [5, 5.41) is 3.59. The van der Waals surface area contributed by atoms with Gasteiger partial charge in [-0.2, -0.15) is 0 Å². The topological polar surface area (TPSA) is 52.7 Å². The van der Waals surface area contributed by atoms with Gasteiger partial charge in [0.15, 0.2) is 0 Å². The second-order valence-electron chi connectivity index (χ2n) is 8.96. The fraction of sp³-hybridized carbons (Fsp3) is 0.652. The number of hydrogen-bond acceptors (Lipinski definition) is 3. The number of nitrogens with zero attached hydrogens (tertiary/aromatic N) is 2. The van der Waals surface area contributed by atoms with Crippen molar-refractivity contribution in [2.45, 2.75) is 77.5 Å². The molecule has 0 radical (unpaired) electrons. The first-order valence-corrected chi connectivity index (χ1v) is 10.7. The van der Waals surface area contributed by atoms with Crippen LogP contribution in [0.15, 0.2) is 30.3 Å². The Morgan fingerprint density at radius 2 is 1.82 bits per heavy atom. The Kier molecular flexibility index (Phi) is 6.43. The molecular weight excluding hydrogens is 350 g/mol. The summed E-state index contributed by atoms with van der Waals surface area (Å²) in [6.45, 7) is 9.74. The molecule has 28 heavy (non-hydrogen) atoms. The fourth-order valence-electron chi connectivity index (χ4n) is 4.73. The molecule has 2 amide bonds. The predicted octanol–water partition coefficient (Wildman–Crippen LogP) is 3.19. The van der Waals surface area contributed by atoms with Crippen LogP contribution in [-0.2, 0) is 16.0 Å². The molecule has 0 saturated carbocycles. The van der Waals surface area contributed by atoms with Crippen molar-refractivity contribution in [1.29, 1.82) is 0 Å². The van der Waals surface area contributed by atoms with Crippen LogP contribution in [0.5, 0.6) is 0 Å². The molecule has 1 aromatic carbocycles. The van der Waals surface area contributed by atoms with Crippen LogP contribution < -0.4 is 5.32 Å². The van der Waals surface area contributed by atoms with Crippen molar-refractivity contribution in [2.24, 2.45) is 5.92 Å². The van der Waals surface area contributed by atoms with Gasteiger partial charge in [0.05, 0.1) is 11.7 Å². The highest BCUT2D eigenvalue weighted by Gasteiger charge is 2.51. The number of hydrogen-bond donors (Lipinski definition) is 1. The lowest BCUT2D eigenvalue weighted by atomic mass is 9.93. The van der Waals surface area contributed by atoms with Crippen LogP contribution in [0.25, 0.3) is 0 Å². The molecule has 2 fully saturated rings. The maximum atomic E-state index is 13.0. The predicted molar refractivity (Wildman–Crippen MR) is 112 cm³/mol. The molecule has 2 aliphatic heterocycles. The van der Waals surface area contributed by atoms with Crippen molar-refractivity contribution in [2.75, 3.05) is 13.1 Å². The molecule has 2 saturated heterocycles.